The highest BCUT2D eigenvalue weighted by molar-refractivity contribution is 9.10. The lowest BCUT2D eigenvalue weighted by Crippen LogP contribution is -2.56. The highest BCUT2D eigenvalue weighted by Crippen LogP contribution is 2.21. The van der Waals surface area contributed by atoms with Crippen LogP contribution in [0, 0.1) is 0 Å². The molecule has 1 atom stereocenters. The Labute approximate surface area is 234 Å². The van der Waals surface area contributed by atoms with Gasteiger partial charge in [-0.25, -0.2) is 8.42 Å². The number of nitrogens with one attached hydrogen (secondary N) is 1. The Morgan fingerprint density at radius 3 is 1.95 bits per heavy atom. The molecule has 0 spiro atoms. The van der Waals surface area contributed by atoms with E-state index in [2.05, 4.69) is 21.2 Å². The number of sulfonamides is 1. The summed E-state index contributed by atoms with van der Waals surface area (Å²) in [6.45, 7) is 5.34. The number of rotatable bonds is 10. The molecule has 0 unspecified atom stereocenters. The van der Waals surface area contributed by atoms with Crippen molar-refractivity contribution in [2.75, 3.05) is 17.1 Å². The zero-order chi connectivity index (χ0) is 27.9. The molecule has 9 heteroatoms. The van der Waals surface area contributed by atoms with E-state index >= 15 is 0 Å². The highest BCUT2D eigenvalue weighted by atomic mass is 79.9. The van der Waals surface area contributed by atoms with Gasteiger partial charge in [-0.2, -0.15) is 0 Å². The molecule has 0 aliphatic rings. The van der Waals surface area contributed by atoms with Crippen LogP contribution in [-0.4, -0.2) is 49.5 Å². The molecule has 0 fully saturated rings. The van der Waals surface area contributed by atoms with E-state index in [0.717, 1.165) is 26.2 Å². The topological polar surface area (TPSA) is 86.8 Å². The van der Waals surface area contributed by atoms with Crippen LogP contribution in [0.15, 0.2) is 89.4 Å². The molecule has 0 saturated carbocycles. The predicted octanol–water partition coefficient (Wildman–Crippen LogP) is 4.77. The molecule has 3 rings (SSSR count). The fraction of sp³-hybridized carbons (Fsp3) is 0.310. The molecule has 2 amide bonds. The van der Waals surface area contributed by atoms with E-state index in [-0.39, 0.29) is 18.9 Å². The molecular weight excluding hydrogens is 566 g/mol. The molecule has 7 nitrogen and oxygen atoms in total. The number of carbonyl (C=O) groups excluding carboxylic acids is 2. The Morgan fingerprint density at radius 1 is 0.868 bits per heavy atom. The van der Waals surface area contributed by atoms with Crippen LogP contribution < -0.4 is 9.62 Å². The van der Waals surface area contributed by atoms with Crippen molar-refractivity contribution in [1.82, 2.24) is 10.2 Å². The first-order valence-electron chi connectivity index (χ1n) is 12.3. The Bertz CT molecular complexity index is 1330. The van der Waals surface area contributed by atoms with E-state index in [1.807, 2.05) is 75.4 Å². The summed E-state index contributed by atoms with van der Waals surface area (Å²) < 4.78 is 27.4. The van der Waals surface area contributed by atoms with Gasteiger partial charge in [0.1, 0.15) is 12.6 Å². The summed E-state index contributed by atoms with van der Waals surface area (Å²) in [5.74, 6) is -0.787. The Kier molecular flexibility index (Phi) is 9.73. The molecule has 202 valence electrons. The minimum Gasteiger partial charge on any atom is -0.350 e. The quantitative estimate of drug-likeness (QED) is 0.364. The summed E-state index contributed by atoms with van der Waals surface area (Å²) in [7, 11) is -3.78. The van der Waals surface area contributed by atoms with Gasteiger partial charge in [-0.15, -0.1) is 0 Å². The van der Waals surface area contributed by atoms with E-state index in [0.29, 0.717) is 5.69 Å². The predicted molar refractivity (Wildman–Crippen MR) is 155 cm³/mol. The van der Waals surface area contributed by atoms with Crippen molar-refractivity contribution in [2.24, 2.45) is 0 Å². The summed E-state index contributed by atoms with van der Waals surface area (Å²) in [4.78, 5) is 29.1. The highest BCUT2D eigenvalue weighted by Gasteiger charge is 2.34. The second-order valence-corrected chi connectivity index (χ2v) is 13.0. The molecular formula is C29H34BrN3O4S. The minimum absolute atomic E-state index is 0.133. The van der Waals surface area contributed by atoms with Gasteiger partial charge in [0.05, 0.1) is 11.9 Å². The second kappa shape index (κ2) is 12.6. The number of para-hydroxylation sites is 1. The van der Waals surface area contributed by atoms with Gasteiger partial charge in [-0.3, -0.25) is 13.9 Å². The first-order chi connectivity index (χ1) is 17.8. The van der Waals surface area contributed by atoms with Crippen LogP contribution in [0.2, 0.25) is 0 Å². The number of anilines is 1. The Hall–Kier alpha value is -3.17. The molecule has 0 aliphatic carbocycles. The van der Waals surface area contributed by atoms with Gasteiger partial charge in [0, 0.05) is 23.0 Å². The van der Waals surface area contributed by atoms with Crippen molar-refractivity contribution in [3.8, 4) is 0 Å². The largest absolute Gasteiger partial charge is 0.350 e. The number of nitrogens with zero attached hydrogens (tertiary/aromatic N) is 2. The summed E-state index contributed by atoms with van der Waals surface area (Å²) in [5.41, 5.74) is 1.55. The number of halogens is 1. The molecule has 3 aromatic rings. The molecule has 3 aromatic carbocycles. The third-order valence-electron chi connectivity index (χ3n) is 5.76. The molecule has 38 heavy (non-hydrogen) atoms. The van der Waals surface area contributed by atoms with Gasteiger partial charge in [-0.1, -0.05) is 76.6 Å². The summed E-state index contributed by atoms with van der Waals surface area (Å²) in [6, 6.07) is 24.6. The lowest BCUT2D eigenvalue weighted by molar-refractivity contribution is -0.140. The molecule has 0 heterocycles. The van der Waals surface area contributed by atoms with Gasteiger partial charge in [-0.05, 0) is 56.2 Å². The van der Waals surface area contributed by atoms with Crippen LogP contribution in [0.1, 0.15) is 31.9 Å². The van der Waals surface area contributed by atoms with Crippen LogP contribution in [0.3, 0.4) is 0 Å². The fourth-order valence-electron chi connectivity index (χ4n) is 4.00. The molecule has 0 saturated heterocycles. The number of hydrogen-bond donors (Lipinski definition) is 1. The standard InChI is InChI=1S/C29H34BrN3O4S/c1-29(2,3)31-28(35)26(19-22-11-7-5-8-12-22)32(20-23-15-17-24(30)18-16-23)27(34)21-33(38(4,36)37)25-13-9-6-10-14-25/h5-18,26H,19-21H2,1-4H3,(H,31,35)/t26-/m1/s1. The van der Waals surface area contributed by atoms with Crippen molar-refractivity contribution < 1.29 is 18.0 Å². The third-order valence-corrected chi connectivity index (χ3v) is 7.43. The van der Waals surface area contributed by atoms with E-state index in [9.17, 15) is 18.0 Å². The van der Waals surface area contributed by atoms with E-state index in [1.165, 1.54) is 4.90 Å². The van der Waals surface area contributed by atoms with Crippen LogP contribution in [-0.2, 0) is 32.6 Å². The normalized spacial score (nSPS) is 12.4. The zero-order valence-electron chi connectivity index (χ0n) is 22.1. The van der Waals surface area contributed by atoms with Crippen molar-refractivity contribution in [3.63, 3.8) is 0 Å². The maximum absolute atomic E-state index is 14.0. The second-order valence-electron chi connectivity index (χ2n) is 10.2. The number of carbonyl (C=O) groups is 2. The molecule has 0 bridgehead atoms. The zero-order valence-corrected chi connectivity index (χ0v) is 24.5. The fourth-order valence-corrected chi connectivity index (χ4v) is 5.12. The molecule has 0 radical (unpaired) electrons. The van der Waals surface area contributed by atoms with Crippen LogP contribution >= 0.6 is 15.9 Å². The smallest absolute Gasteiger partial charge is 0.244 e. The van der Waals surface area contributed by atoms with E-state index in [1.54, 1.807) is 30.3 Å². The van der Waals surface area contributed by atoms with Crippen molar-refractivity contribution >= 4 is 43.5 Å². The SMILES string of the molecule is CC(C)(C)NC(=O)[C@@H](Cc1ccccc1)N(Cc1ccc(Br)cc1)C(=O)CN(c1ccccc1)S(C)(=O)=O. The first-order valence-corrected chi connectivity index (χ1v) is 14.9. The Morgan fingerprint density at radius 2 is 1.42 bits per heavy atom. The maximum Gasteiger partial charge on any atom is 0.244 e. The third kappa shape index (κ3) is 8.70. The van der Waals surface area contributed by atoms with Gasteiger partial charge < -0.3 is 10.2 Å². The summed E-state index contributed by atoms with van der Waals surface area (Å²) in [6.07, 6.45) is 1.34. The molecule has 0 aliphatic heterocycles. The first kappa shape index (κ1) is 29.4. The van der Waals surface area contributed by atoms with Crippen LogP contribution in [0.5, 0.6) is 0 Å². The van der Waals surface area contributed by atoms with Crippen molar-refractivity contribution in [3.05, 3.63) is 101 Å². The average Bonchev–Trinajstić information content (AvgIpc) is 2.85. The lowest BCUT2D eigenvalue weighted by Gasteiger charge is -2.35. The monoisotopic (exact) mass is 599 g/mol. The lowest BCUT2D eigenvalue weighted by atomic mass is 10.0. The van der Waals surface area contributed by atoms with Gasteiger partial charge >= 0.3 is 0 Å². The molecule has 0 aromatic heterocycles. The number of hydrogen-bond acceptors (Lipinski definition) is 4. The summed E-state index contributed by atoms with van der Waals surface area (Å²) in [5, 5.41) is 3.01. The van der Waals surface area contributed by atoms with Crippen molar-refractivity contribution in [2.45, 2.75) is 45.3 Å². The minimum atomic E-state index is -3.78. The maximum atomic E-state index is 14.0. The van der Waals surface area contributed by atoms with Gasteiger partial charge in [0.2, 0.25) is 21.8 Å². The van der Waals surface area contributed by atoms with E-state index in [4.69, 9.17) is 0 Å². The van der Waals surface area contributed by atoms with E-state index < -0.39 is 34.1 Å². The number of amides is 2. The summed E-state index contributed by atoms with van der Waals surface area (Å²) >= 11 is 3.43. The van der Waals surface area contributed by atoms with Crippen molar-refractivity contribution in [1.29, 1.82) is 0 Å². The Balaban J connectivity index is 2.05. The number of benzene rings is 3. The molecule has 1 N–H and O–H groups in total. The van der Waals surface area contributed by atoms with Crippen LogP contribution in [0.4, 0.5) is 5.69 Å². The van der Waals surface area contributed by atoms with Gasteiger partial charge in [0.15, 0.2) is 0 Å². The average molecular weight is 601 g/mol. The van der Waals surface area contributed by atoms with Crippen LogP contribution in [0.25, 0.3) is 0 Å². The van der Waals surface area contributed by atoms with Gasteiger partial charge in [0.25, 0.3) is 0 Å².